The van der Waals surface area contributed by atoms with E-state index in [1.54, 1.807) is 0 Å². The number of hydrogen-bond donors (Lipinski definition) is 3. The summed E-state index contributed by atoms with van der Waals surface area (Å²) in [5.41, 5.74) is 0. The summed E-state index contributed by atoms with van der Waals surface area (Å²) in [5, 5.41) is 27.3. The molecule has 0 unspecified atom stereocenters. The summed E-state index contributed by atoms with van der Waals surface area (Å²) in [6.45, 7) is 3.90. The van der Waals surface area contributed by atoms with E-state index in [0.717, 1.165) is 0 Å². The first-order valence-electron chi connectivity index (χ1n) is 3.95. The average molecular weight is 217 g/mol. The van der Waals surface area contributed by atoms with Crippen molar-refractivity contribution in [3.63, 3.8) is 0 Å². The van der Waals surface area contributed by atoms with E-state index in [9.17, 15) is 0 Å². The normalized spacial score (nSPS) is 16.1. The summed E-state index contributed by atoms with van der Waals surface area (Å²) < 4.78 is 0. The van der Waals surface area contributed by atoms with Gasteiger partial charge < -0.3 is 0 Å². The Morgan fingerprint density at radius 1 is 1.08 bits per heavy atom. The van der Waals surface area contributed by atoms with E-state index >= 15 is 0 Å². The van der Waals surface area contributed by atoms with Gasteiger partial charge in [0, 0.05) is 0 Å². The van der Waals surface area contributed by atoms with E-state index in [-0.39, 0.29) is 25.0 Å². The second kappa shape index (κ2) is 4.21. The van der Waals surface area contributed by atoms with Gasteiger partial charge in [-0.25, -0.2) is 0 Å². The summed E-state index contributed by atoms with van der Waals surface area (Å²) in [7, 11) is 0. The monoisotopic (exact) mass is 216 g/mol. The van der Waals surface area contributed by atoms with Gasteiger partial charge in [-0.05, 0) is 0 Å². The number of rotatable bonds is 5. The minimum absolute atomic E-state index is 0.270. The first-order valence-corrected chi connectivity index (χ1v) is 7.83. The zero-order chi connectivity index (χ0) is 9.85. The van der Waals surface area contributed by atoms with Crippen LogP contribution in [0.2, 0.25) is 0 Å². The fraction of sp³-hybridized carbons (Fsp3) is 1.00. The van der Waals surface area contributed by atoms with Gasteiger partial charge in [0.05, 0.1) is 0 Å². The van der Waals surface area contributed by atoms with Crippen molar-refractivity contribution in [1.29, 1.82) is 0 Å². The predicted octanol–water partition coefficient (Wildman–Crippen LogP) is 1.20. The number of halogens is 1. The van der Waals surface area contributed by atoms with E-state index in [1.807, 2.05) is 13.8 Å². The third-order valence-electron chi connectivity index (χ3n) is 1.88. The molecule has 0 saturated carbocycles. The molecule has 0 aliphatic rings. The van der Waals surface area contributed by atoms with Gasteiger partial charge in [0.25, 0.3) is 0 Å². The Labute approximate surface area is 78.1 Å². The average Bonchev–Trinajstić information content (AvgIpc) is 2.04. The summed E-state index contributed by atoms with van der Waals surface area (Å²) in [5.74, 6) is -2.84. The number of hydrogen-bond acceptors (Lipinski definition) is 3. The summed E-state index contributed by atoms with van der Waals surface area (Å²) >= 11 is 6.13. The van der Waals surface area contributed by atoms with Gasteiger partial charge in [-0.3, -0.25) is 0 Å². The Bertz CT molecular complexity index is 137. The second-order valence-electron chi connectivity index (χ2n) is 3.82. The molecule has 0 heterocycles. The molecule has 0 fully saturated rings. The van der Waals surface area contributed by atoms with E-state index < -0.39 is 5.96 Å². The Kier molecular flexibility index (Phi) is 4.42. The van der Waals surface area contributed by atoms with Crippen LogP contribution in [0.1, 0.15) is 13.8 Å². The minimum atomic E-state index is -3.11. The van der Waals surface area contributed by atoms with Crippen molar-refractivity contribution in [2.24, 2.45) is 5.92 Å². The molecule has 0 spiro atoms. The molecule has 0 atom stereocenters. The third kappa shape index (κ3) is 2.82. The molecule has 0 rings (SSSR count). The van der Waals surface area contributed by atoms with Crippen LogP contribution >= 0.6 is 17.2 Å². The van der Waals surface area contributed by atoms with Crippen LogP contribution in [-0.4, -0.2) is 40.5 Å². The standard InChI is InChI=1S/C7H18ClO3P/c1-7(2)3-12(8,4-9,5-10)6-11/h7,9-11H,3-6H2,1-2H3. The number of aliphatic hydroxyl groups excluding tert-OH is 3. The van der Waals surface area contributed by atoms with Crippen LogP contribution < -0.4 is 0 Å². The van der Waals surface area contributed by atoms with Gasteiger partial charge in [-0.15, -0.1) is 0 Å². The van der Waals surface area contributed by atoms with Crippen LogP contribution in [0.25, 0.3) is 0 Å². The van der Waals surface area contributed by atoms with Crippen LogP contribution in [0.5, 0.6) is 0 Å². The van der Waals surface area contributed by atoms with Crippen LogP contribution in [0.3, 0.4) is 0 Å². The van der Waals surface area contributed by atoms with Crippen LogP contribution in [0.4, 0.5) is 0 Å². The zero-order valence-electron chi connectivity index (χ0n) is 7.57. The van der Waals surface area contributed by atoms with Crippen LogP contribution in [-0.2, 0) is 0 Å². The number of aliphatic hydroxyl groups is 3. The molecule has 0 aromatic rings. The molecule has 5 heteroatoms. The first-order chi connectivity index (χ1) is 5.40. The molecule has 0 saturated heterocycles. The van der Waals surface area contributed by atoms with Crippen molar-refractivity contribution < 1.29 is 15.3 Å². The molecule has 76 valence electrons. The molecule has 0 radical (unpaired) electrons. The fourth-order valence-corrected chi connectivity index (χ4v) is 4.49. The van der Waals surface area contributed by atoms with Crippen LogP contribution in [0.15, 0.2) is 0 Å². The van der Waals surface area contributed by atoms with Gasteiger partial charge in [-0.1, -0.05) is 0 Å². The van der Waals surface area contributed by atoms with Gasteiger partial charge in [0.2, 0.25) is 0 Å². The third-order valence-corrected chi connectivity index (χ3v) is 7.02. The Balaban J connectivity index is 4.58. The molecule has 0 bridgehead atoms. The molecule has 3 N–H and O–H groups in total. The molecule has 12 heavy (non-hydrogen) atoms. The van der Waals surface area contributed by atoms with Gasteiger partial charge in [-0.2, -0.15) is 0 Å². The molecule has 3 nitrogen and oxygen atoms in total. The zero-order valence-corrected chi connectivity index (χ0v) is 9.22. The molecule has 0 aromatic carbocycles. The summed E-state index contributed by atoms with van der Waals surface area (Å²) in [6, 6.07) is 0. The molecule has 0 aromatic heterocycles. The SMILES string of the molecule is CC(C)CP(Cl)(CO)(CO)CO. The van der Waals surface area contributed by atoms with Crippen LogP contribution in [0, 0.1) is 5.92 Å². The summed E-state index contributed by atoms with van der Waals surface area (Å²) in [6.07, 6.45) is -0.369. The Hall–Kier alpha value is 0.600. The van der Waals surface area contributed by atoms with Crippen molar-refractivity contribution >= 4 is 17.2 Å². The molecule has 0 aliphatic heterocycles. The molecular weight excluding hydrogens is 199 g/mol. The van der Waals surface area contributed by atoms with Gasteiger partial charge >= 0.3 is 77.5 Å². The van der Waals surface area contributed by atoms with Crippen molar-refractivity contribution in [3.8, 4) is 0 Å². The van der Waals surface area contributed by atoms with Crippen molar-refractivity contribution in [2.75, 3.05) is 25.2 Å². The van der Waals surface area contributed by atoms with Gasteiger partial charge in [0.15, 0.2) is 0 Å². The molecule has 0 aliphatic carbocycles. The van der Waals surface area contributed by atoms with E-state index in [1.165, 1.54) is 0 Å². The van der Waals surface area contributed by atoms with E-state index in [2.05, 4.69) is 0 Å². The first kappa shape index (κ1) is 12.6. The fourth-order valence-electron chi connectivity index (χ4n) is 1.22. The Morgan fingerprint density at radius 3 is 1.50 bits per heavy atom. The van der Waals surface area contributed by atoms with E-state index in [0.29, 0.717) is 6.16 Å². The molecule has 0 amide bonds. The van der Waals surface area contributed by atoms with Crippen molar-refractivity contribution in [1.82, 2.24) is 0 Å². The van der Waals surface area contributed by atoms with Gasteiger partial charge in [0.1, 0.15) is 0 Å². The second-order valence-corrected chi connectivity index (χ2v) is 11.5. The maximum atomic E-state index is 9.09. The van der Waals surface area contributed by atoms with E-state index in [4.69, 9.17) is 26.6 Å². The molecular formula is C7H18ClO3P. The van der Waals surface area contributed by atoms with Crippen molar-refractivity contribution in [3.05, 3.63) is 0 Å². The Morgan fingerprint density at radius 2 is 1.42 bits per heavy atom. The maximum absolute atomic E-state index is 9.09. The summed E-state index contributed by atoms with van der Waals surface area (Å²) in [4.78, 5) is 0. The quantitative estimate of drug-likeness (QED) is 0.606. The van der Waals surface area contributed by atoms with Crippen molar-refractivity contribution in [2.45, 2.75) is 13.8 Å². The topological polar surface area (TPSA) is 60.7 Å². The predicted molar refractivity (Wildman–Crippen MR) is 53.7 cm³/mol.